The average molecular weight is 247 g/mol. The van der Waals surface area contributed by atoms with Crippen molar-refractivity contribution in [1.82, 2.24) is 4.90 Å². The second-order valence-corrected chi connectivity index (χ2v) is 5.07. The lowest BCUT2D eigenvalue weighted by atomic mass is 9.78. The lowest BCUT2D eigenvalue weighted by Crippen LogP contribution is -2.53. The summed E-state index contributed by atoms with van der Waals surface area (Å²) < 4.78 is 0. The zero-order valence-corrected chi connectivity index (χ0v) is 10.8. The van der Waals surface area contributed by atoms with Crippen molar-refractivity contribution >= 4 is 18.3 Å². The number of carbonyl (C=O) groups excluding carboxylic acids is 1. The van der Waals surface area contributed by atoms with Gasteiger partial charge in [-0.1, -0.05) is 12.8 Å². The Balaban J connectivity index is 0.00000128. The zero-order chi connectivity index (χ0) is 10.8. The summed E-state index contributed by atoms with van der Waals surface area (Å²) >= 11 is 0. The molecule has 0 radical (unpaired) electrons. The molecular formula is C12H23ClN2O. The van der Waals surface area contributed by atoms with Crippen molar-refractivity contribution in [3.8, 4) is 0 Å². The molecule has 2 fully saturated rings. The Morgan fingerprint density at radius 2 is 1.88 bits per heavy atom. The first-order chi connectivity index (χ1) is 7.20. The molecule has 0 aromatic carbocycles. The molecule has 0 spiro atoms. The highest BCUT2D eigenvalue weighted by Crippen LogP contribution is 2.35. The normalized spacial score (nSPS) is 31.2. The van der Waals surface area contributed by atoms with Gasteiger partial charge in [0.2, 0.25) is 5.91 Å². The van der Waals surface area contributed by atoms with E-state index in [2.05, 4.69) is 4.90 Å². The van der Waals surface area contributed by atoms with E-state index in [9.17, 15) is 4.79 Å². The van der Waals surface area contributed by atoms with Gasteiger partial charge in [0.1, 0.15) is 0 Å². The van der Waals surface area contributed by atoms with Crippen LogP contribution in [0.1, 0.15) is 45.4 Å². The monoisotopic (exact) mass is 246 g/mol. The molecule has 16 heavy (non-hydrogen) atoms. The lowest BCUT2D eigenvalue weighted by Gasteiger charge is -2.44. The molecule has 2 rings (SSSR count). The van der Waals surface area contributed by atoms with Crippen molar-refractivity contribution in [2.75, 3.05) is 6.54 Å². The van der Waals surface area contributed by atoms with Gasteiger partial charge in [-0.05, 0) is 38.5 Å². The Labute approximate surface area is 104 Å². The van der Waals surface area contributed by atoms with Crippen molar-refractivity contribution in [2.24, 2.45) is 11.7 Å². The summed E-state index contributed by atoms with van der Waals surface area (Å²) in [6.45, 7) is 2.73. The molecule has 1 amide bonds. The van der Waals surface area contributed by atoms with Gasteiger partial charge in [-0.15, -0.1) is 12.4 Å². The fourth-order valence-electron chi connectivity index (χ4n) is 3.16. The Hall–Kier alpha value is -0.280. The average Bonchev–Trinajstić information content (AvgIpc) is 2.27. The summed E-state index contributed by atoms with van der Waals surface area (Å²) in [7, 11) is 0. The molecule has 94 valence electrons. The number of nitrogens with two attached hydrogens (primary N) is 1. The van der Waals surface area contributed by atoms with E-state index < -0.39 is 0 Å². The van der Waals surface area contributed by atoms with Crippen LogP contribution in [0.15, 0.2) is 0 Å². The molecule has 4 heteroatoms. The smallest absolute Gasteiger partial charge is 0.239 e. The maximum atomic E-state index is 12.0. The summed E-state index contributed by atoms with van der Waals surface area (Å²) in [6.07, 6.45) is 7.62. The third kappa shape index (κ3) is 2.69. The maximum Gasteiger partial charge on any atom is 0.239 e. The molecule has 1 unspecified atom stereocenters. The number of fused-ring (bicyclic) bond motifs is 1. The molecule has 1 saturated heterocycles. The number of amides is 1. The topological polar surface area (TPSA) is 46.3 Å². The van der Waals surface area contributed by atoms with Gasteiger partial charge in [0.25, 0.3) is 0 Å². The maximum absolute atomic E-state index is 12.0. The Kier molecular flexibility index (Phi) is 5.06. The van der Waals surface area contributed by atoms with Crippen LogP contribution in [0.3, 0.4) is 0 Å². The molecule has 1 aliphatic heterocycles. The summed E-state index contributed by atoms with van der Waals surface area (Å²) in [6, 6.07) is 0.177. The minimum absolute atomic E-state index is 0. The van der Waals surface area contributed by atoms with E-state index in [0.717, 1.165) is 12.5 Å². The minimum Gasteiger partial charge on any atom is -0.338 e. The largest absolute Gasteiger partial charge is 0.338 e. The van der Waals surface area contributed by atoms with Crippen molar-refractivity contribution in [3.05, 3.63) is 0 Å². The first-order valence-electron chi connectivity index (χ1n) is 6.26. The van der Waals surface area contributed by atoms with Crippen molar-refractivity contribution in [1.29, 1.82) is 0 Å². The molecule has 0 bridgehead atoms. The van der Waals surface area contributed by atoms with E-state index >= 15 is 0 Å². The third-order valence-corrected chi connectivity index (χ3v) is 3.92. The highest BCUT2D eigenvalue weighted by Gasteiger charge is 2.36. The first-order valence-corrected chi connectivity index (χ1v) is 6.26. The van der Waals surface area contributed by atoms with Crippen LogP contribution in [-0.2, 0) is 4.79 Å². The minimum atomic E-state index is -0.328. The Morgan fingerprint density at radius 1 is 1.25 bits per heavy atom. The number of piperidine rings is 1. The Morgan fingerprint density at radius 3 is 2.56 bits per heavy atom. The van der Waals surface area contributed by atoms with Crippen LogP contribution in [0, 0.1) is 5.92 Å². The Bertz CT molecular complexity index is 243. The number of rotatable bonds is 1. The molecule has 3 atom stereocenters. The van der Waals surface area contributed by atoms with E-state index in [1.165, 1.54) is 38.5 Å². The first kappa shape index (κ1) is 13.8. The van der Waals surface area contributed by atoms with E-state index in [1.54, 1.807) is 6.92 Å². The molecule has 1 saturated carbocycles. The van der Waals surface area contributed by atoms with E-state index in [4.69, 9.17) is 5.73 Å². The van der Waals surface area contributed by atoms with Crippen LogP contribution in [0.4, 0.5) is 0 Å². The summed E-state index contributed by atoms with van der Waals surface area (Å²) in [5, 5.41) is 0. The fraction of sp³-hybridized carbons (Fsp3) is 0.917. The SMILES string of the molecule is CC(N)C(=O)N1CCC[C@H]2CCCC[C@H]21.Cl. The molecule has 2 N–H and O–H groups in total. The van der Waals surface area contributed by atoms with Gasteiger partial charge < -0.3 is 10.6 Å². The number of hydrogen-bond donors (Lipinski definition) is 1. The van der Waals surface area contributed by atoms with Gasteiger partial charge in [-0.2, -0.15) is 0 Å². The van der Waals surface area contributed by atoms with Gasteiger partial charge >= 0.3 is 0 Å². The summed E-state index contributed by atoms with van der Waals surface area (Å²) in [5.41, 5.74) is 5.70. The second-order valence-electron chi connectivity index (χ2n) is 5.07. The third-order valence-electron chi connectivity index (χ3n) is 3.92. The van der Waals surface area contributed by atoms with Crippen LogP contribution in [0.2, 0.25) is 0 Å². The molecule has 2 aliphatic rings. The molecule has 0 aromatic rings. The van der Waals surface area contributed by atoms with E-state index in [0.29, 0.717) is 6.04 Å². The fourth-order valence-corrected chi connectivity index (χ4v) is 3.16. The quantitative estimate of drug-likeness (QED) is 0.769. The standard InChI is InChI=1S/C12H22N2O.ClH/c1-9(13)12(15)14-8-4-6-10-5-2-3-7-11(10)14;/h9-11H,2-8,13H2,1H3;1H/t9?,10-,11-;/m1./s1. The van der Waals surface area contributed by atoms with Gasteiger partial charge in [0.05, 0.1) is 6.04 Å². The van der Waals surface area contributed by atoms with Gasteiger partial charge in [0, 0.05) is 12.6 Å². The highest BCUT2D eigenvalue weighted by molar-refractivity contribution is 5.85. The second kappa shape index (κ2) is 5.87. The van der Waals surface area contributed by atoms with Gasteiger partial charge in [-0.3, -0.25) is 4.79 Å². The van der Waals surface area contributed by atoms with Crippen LogP contribution < -0.4 is 5.73 Å². The number of halogens is 1. The number of carbonyl (C=O) groups is 1. The molecule has 3 nitrogen and oxygen atoms in total. The molecule has 1 heterocycles. The highest BCUT2D eigenvalue weighted by atomic mass is 35.5. The summed E-state index contributed by atoms with van der Waals surface area (Å²) in [4.78, 5) is 14.0. The predicted octanol–water partition coefficient (Wildman–Crippen LogP) is 1.94. The van der Waals surface area contributed by atoms with Gasteiger partial charge in [0.15, 0.2) is 0 Å². The van der Waals surface area contributed by atoms with Crippen molar-refractivity contribution < 1.29 is 4.79 Å². The zero-order valence-electron chi connectivity index (χ0n) is 10.0. The van der Waals surface area contributed by atoms with E-state index in [-0.39, 0.29) is 24.4 Å². The predicted molar refractivity (Wildman–Crippen MR) is 67.6 cm³/mol. The summed E-state index contributed by atoms with van der Waals surface area (Å²) in [5.74, 6) is 0.918. The van der Waals surface area contributed by atoms with Crippen molar-refractivity contribution in [2.45, 2.75) is 57.5 Å². The molecular weight excluding hydrogens is 224 g/mol. The number of likely N-dealkylation sites (tertiary alicyclic amines) is 1. The number of hydrogen-bond acceptors (Lipinski definition) is 2. The van der Waals surface area contributed by atoms with Crippen LogP contribution >= 0.6 is 12.4 Å². The van der Waals surface area contributed by atoms with Gasteiger partial charge in [-0.25, -0.2) is 0 Å². The molecule has 1 aliphatic carbocycles. The lowest BCUT2D eigenvalue weighted by molar-refractivity contribution is -0.138. The van der Waals surface area contributed by atoms with Crippen LogP contribution in [-0.4, -0.2) is 29.4 Å². The van der Waals surface area contributed by atoms with Crippen LogP contribution in [0.25, 0.3) is 0 Å². The van der Waals surface area contributed by atoms with Crippen LogP contribution in [0.5, 0.6) is 0 Å². The molecule has 0 aromatic heterocycles. The number of nitrogens with zero attached hydrogens (tertiary/aromatic N) is 1. The van der Waals surface area contributed by atoms with E-state index in [1.807, 2.05) is 0 Å². The van der Waals surface area contributed by atoms with Crippen molar-refractivity contribution in [3.63, 3.8) is 0 Å².